The van der Waals surface area contributed by atoms with Crippen LogP contribution >= 0.6 is 11.6 Å². The summed E-state index contributed by atoms with van der Waals surface area (Å²) in [4.78, 5) is 2.36. The second-order valence-corrected chi connectivity index (χ2v) is 7.08. The third-order valence-corrected chi connectivity index (χ3v) is 5.09. The molecule has 0 bridgehead atoms. The zero-order valence-corrected chi connectivity index (χ0v) is 14.0. The van der Waals surface area contributed by atoms with Gasteiger partial charge in [-0.2, -0.15) is 0 Å². The molecule has 2 atom stereocenters. The molecule has 1 fully saturated rings. The van der Waals surface area contributed by atoms with Gasteiger partial charge in [0.15, 0.2) is 0 Å². The Balaban J connectivity index is 1.94. The van der Waals surface area contributed by atoms with Crippen molar-refractivity contribution in [2.75, 3.05) is 20.6 Å². The zero-order valence-electron chi connectivity index (χ0n) is 13.3. The van der Waals surface area contributed by atoms with Crippen molar-refractivity contribution in [3.8, 4) is 0 Å². The summed E-state index contributed by atoms with van der Waals surface area (Å²) in [5.74, 6) is 0.431. The Morgan fingerprint density at radius 2 is 2.19 bits per heavy atom. The standard InChI is InChI=1S/C17H26ClFN2/c1-13-5-4-8-17(10-13,21(2)3)12-20-11-14-6-7-15(18)16(19)9-14/h6-7,9,13,20H,4-5,8,10-12H2,1-3H3. The molecule has 1 saturated carbocycles. The molecule has 0 heterocycles. The van der Waals surface area contributed by atoms with E-state index in [1.807, 2.05) is 6.07 Å². The number of rotatable bonds is 5. The average Bonchev–Trinajstić information content (AvgIpc) is 2.42. The minimum atomic E-state index is -0.343. The van der Waals surface area contributed by atoms with Gasteiger partial charge < -0.3 is 10.2 Å². The van der Waals surface area contributed by atoms with E-state index in [-0.39, 0.29) is 16.4 Å². The van der Waals surface area contributed by atoms with E-state index < -0.39 is 0 Å². The number of hydrogen-bond acceptors (Lipinski definition) is 2. The van der Waals surface area contributed by atoms with Gasteiger partial charge in [0.1, 0.15) is 5.82 Å². The Hall–Kier alpha value is -0.640. The topological polar surface area (TPSA) is 15.3 Å². The minimum Gasteiger partial charge on any atom is -0.311 e. The van der Waals surface area contributed by atoms with Crippen LogP contribution in [0.3, 0.4) is 0 Å². The number of hydrogen-bond donors (Lipinski definition) is 1. The number of nitrogens with zero attached hydrogens (tertiary/aromatic N) is 1. The van der Waals surface area contributed by atoms with Crippen LogP contribution in [0.1, 0.15) is 38.2 Å². The van der Waals surface area contributed by atoms with Crippen molar-refractivity contribution in [3.05, 3.63) is 34.6 Å². The predicted octanol–water partition coefficient (Wildman–Crippen LogP) is 4.08. The molecule has 0 saturated heterocycles. The van der Waals surface area contributed by atoms with Crippen molar-refractivity contribution in [1.29, 1.82) is 0 Å². The molecule has 1 aromatic rings. The molecule has 118 valence electrons. The Kier molecular flexibility index (Phi) is 5.64. The molecule has 4 heteroatoms. The summed E-state index contributed by atoms with van der Waals surface area (Å²) >= 11 is 5.71. The van der Waals surface area contributed by atoms with E-state index in [0.29, 0.717) is 6.54 Å². The lowest BCUT2D eigenvalue weighted by Crippen LogP contribution is -2.54. The van der Waals surface area contributed by atoms with E-state index in [2.05, 4.69) is 31.2 Å². The van der Waals surface area contributed by atoms with Crippen LogP contribution in [0.25, 0.3) is 0 Å². The lowest BCUT2D eigenvalue weighted by atomic mass is 9.75. The fraction of sp³-hybridized carbons (Fsp3) is 0.647. The number of likely N-dealkylation sites (N-methyl/N-ethyl adjacent to an activating group) is 1. The van der Waals surface area contributed by atoms with E-state index in [1.54, 1.807) is 6.07 Å². The quantitative estimate of drug-likeness (QED) is 0.881. The van der Waals surface area contributed by atoms with Crippen molar-refractivity contribution in [2.45, 2.75) is 44.7 Å². The first-order chi connectivity index (χ1) is 9.93. The summed E-state index contributed by atoms with van der Waals surface area (Å²) in [7, 11) is 4.34. The molecule has 21 heavy (non-hydrogen) atoms. The van der Waals surface area contributed by atoms with Crippen LogP contribution in [0, 0.1) is 11.7 Å². The minimum absolute atomic E-state index is 0.185. The van der Waals surface area contributed by atoms with Gasteiger partial charge in [0.2, 0.25) is 0 Å². The summed E-state index contributed by atoms with van der Waals surface area (Å²) < 4.78 is 13.4. The molecule has 1 N–H and O–H groups in total. The second kappa shape index (κ2) is 7.08. The molecule has 1 aliphatic rings. The molecule has 2 unspecified atom stereocenters. The normalized spacial score (nSPS) is 26.3. The van der Waals surface area contributed by atoms with Crippen molar-refractivity contribution in [2.24, 2.45) is 5.92 Å². The molecule has 0 spiro atoms. The molecule has 1 aromatic carbocycles. The molecule has 0 amide bonds. The smallest absolute Gasteiger partial charge is 0.142 e. The molecule has 2 nitrogen and oxygen atoms in total. The van der Waals surface area contributed by atoms with Crippen LogP contribution in [0.4, 0.5) is 4.39 Å². The fourth-order valence-corrected chi connectivity index (χ4v) is 3.56. The lowest BCUT2D eigenvalue weighted by molar-refractivity contribution is 0.0749. The molecule has 0 aliphatic heterocycles. The lowest BCUT2D eigenvalue weighted by Gasteiger charge is -2.45. The van der Waals surface area contributed by atoms with E-state index in [4.69, 9.17) is 11.6 Å². The molecule has 1 aliphatic carbocycles. The van der Waals surface area contributed by atoms with E-state index in [1.165, 1.54) is 31.7 Å². The summed E-state index contributed by atoms with van der Waals surface area (Å²) in [5, 5.41) is 3.69. The fourth-order valence-electron chi connectivity index (χ4n) is 3.45. The zero-order chi connectivity index (χ0) is 15.5. The second-order valence-electron chi connectivity index (χ2n) is 6.67. The first kappa shape index (κ1) is 16.7. The maximum absolute atomic E-state index is 13.4. The van der Waals surface area contributed by atoms with Crippen molar-refractivity contribution >= 4 is 11.6 Å². The largest absolute Gasteiger partial charge is 0.311 e. The Morgan fingerprint density at radius 1 is 1.43 bits per heavy atom. The SMILES string of the molecule is CC1CCCC(CNCc2ccc(Cl)c(F)c2)(N(C)C)C1. The highest BCUT2D eigenvalue weighted by Crippen LogP contribution is 2.35. The molecule has 2 rings (SSSR count). The van der Waals surface area contributed by atoms with Gasteiger partial charge in [-0.3, -0.25) is 0 Å². The highest BCUT2D eigenvalue weighted by atomic mass is 35.5. The molecular formula is C17H26ClFN2. The Bertz CT molecular complexity index is 478. The highest BCUT2D eigenvalue weighted by molar-refractivity contribution is 6.30. The van der Waals surface area contributed by atoms with E-state index in [0.717, 1.165) is 18.0 Å². The molecule has 0 radical (unpaired) electrons. The number of halogens is 2. The van der Waals surface area contributed by atoms with Gasteiger partial charge in [0, 0.05) is 18.6 Å². The highest BCUT2D eigenvalue weighted by Gasteiger charge is 2.36. The predicted molar refractivity (Wildman–Crippen MR) is 87.2 cm³/mol. The Labute approximate surface area is 132 Å². The van der Waals surface area contributed by atoms with Crippen molar-refractivity contribution in [3.63, 3.8) is 0 Å². The van der Waals surface area contributed by atoms with Crippen LogP contribution in [0.15, 0.2) is 18.2 Å². The summed E-state index contributed by atoms with van der Waals surface area (Å²) in [5.41, 5.74) is 1.16. The van der Waals surface area contributed by atoms with Crippen molar-refractivity contribution < 1.29 is 4.39 Å². The Morgan fingerprint density at radius 3 is 2.81 bits per heavy atom. The summed E-state index contributed by atoms with van der Waals surface area (Å²) in [6.07, 6.45) is 5.07. The van der Waals surface area contributed by atoms with E-state index >= 15 is 0 Å². The number of benzene rings is 1. The van der Waals surface area contributed by atoms with Gasteiger partial charge in [-0.1, -0.05) is 37.4 Å². The number of nitrogens with one attached hydrogen (secondary N) is 1. The van der Waals surface area contributed by atoms with Gasteiger partial charge in [-0.05, 0) is 50.6 Å². The first-order valence-electron chi connectivity index (χ1n) is 7.75. The third kappa shape index (κ3) is 4.18. The third-order valence-electron chi connectivity index (χ3n) is 4.78. The van der Waals surface area contributed by atoms with Crippen LogP contribution in [-0.4, -0.2) is 31.1 Å². The first-order valence-corrected chi connectivity index (χ1v) is 8.13. The van der Waals surface area contributed by atoms with E-state index in [9.17, 15) is 4.39 Å². The van der Waals surface area contributed by atoms with Crippen molar-refractivity contribution in [1.82, 2.24) is 10.2 Å². The monoisotopic (exact) mass is 312 g/mol. The molecule has 0 aromatic heterocycles. The summed E-state index contributed by atoms with van der Waals surface area (Å²) in [6, 6.07) is 5.02. The van der Waals surface area contributed by atoms with Crippen LogP contribution in [-0.2, 0) is 6.54 Å². The van der Waals surface area contributed by atoms with Crippen LogP contribution < -0.4 is 5.32 Å². The van der Waals surface area contributed by atoms with Gasteiger partial charge in [0.05, 0.1) is 5.02 Å². The van der Waals surface area contributed by atoms with Gasteiger partial charge >= 0.3 is 0 Å². The van der Waals surface area contributed by atoms with Gasteiger partial charge in [-0.15, -0.1) is 0 Å². The average molecular weight is 313 g/mol. The van der Waals surface area contributed by atoms with Gasteiger partial charge in [-0.25, -0.2) is 4.39 Å². The van der Waals surface area contributed by atoms with Crippen LogP contribution in [0.2, 0.25) is 5.02 Å². The maximum Gasteiger partial charge on any atom is 0.142 e. The maximum atomic E-state index is 13.4. The summed E-state index contributed by atoms with van der Waals surface area (Å²) in [6.45, 7) is 3.96. The van der Waals surface area contributed by atoms with Crippen LogP contribution in [0.5, 0.6) is 0 Å². The van der Waals surface area contributed by atoms with Gasteiger partial charge in [0.25, 0.3) is 0 Å². The molecular weight excluding hydrogens is 287 g/mol.